The Morgan fingerprint density at radius 2 is 1.87 bits per heavy atom. The molecular formula is C19H19NO2S. The standard InChI is InChI=1S/C19H19NO2S/c1-14-13-17(15(2)23-14)18(21)10-11-19(22)20-12-6-9-16-7-4-3-5-8-16/h3-5,7-8,13H,10-12H2,1-2H3,(H,20,22). The Hall–Kier alpha value is -2.38. The van der Waals surface area contributed by atoms with Crippen molar-refractivity contribution < 1.29 is 9.59 Å². The van der Waals surface area contributed by atoms with Crippen LogP contribution in [0.15, 0.2) is 36.4 Å². The Labute approximate surface area is 140 Å². The molecule has 0 atom stereocenters. The van der Waals surface area contributed by atoms with E-state index in [0.717, 1.165) is 20.9 Å². The van der Waals surface area contributed by atoms with E-state index >= 15 is 0 Å². The van der Waals surface area contributed by atoms with Crippen molar-refractivity contribution in [3.05, 3.63) is 57.3 Å². The van der Waals surface area contributed by atoms with Crippen LogP contribution in [0, 0.1) is 25.7 Å². The van der Waals surface area contributed by atoms with Gasteiger partial charge < -0.3 is 5.32 Å². The number of hydrogen-bond donors (Lipinski definition) is 1. The Morgan fingerprint density at radius 1 is 1.13 bits per heavy atom. The number of nitrogens with one attached hydrogen (secondary N) is 1. The molecule has 0 bridgehead atoms. The molecule has 0 aliphatic heterocycles. The lowest BCUT2D eigenvalue weighted by atomic mass is 10.1. The molecule has 3 nitrogen and oxygen atoms in total. The molecule has 4 heteroatoms. The monoisotopic (exact) mass is 325 g/mol. The number of Topliss-reactive ketones (excluding diaryl/α,β-unsaturated/α-hetero) is 1. The van der Waals surface area contributed by atoms with Gasteiger partial charge in [-0.05, 0) is 32.0 Å². The summed E-state index contributed by atoms with van der Waals surface area (Å²) < 4.78 is 0. The molecule has 2 aromatic rings. The molecule has 118 valence electrons. The molecule has 1 aromatic heterocycles. The van der Waals surface area contributed by atoms with Crippen molar-refractivity contribution >= 4 is 23.0 Å². The second kappa shape index (κ2) is 8.30. The minimum Gasteiger partial charge on any atom is -0.345 e. The first-order valence-electron chi connectivity index (χ1n) is 7.47. The first-order chi connectivity index (χ1) is 11.1. The second-order valence-corrected chi connectivity index (χ2v) is 6.66. The van der Waals surface area contributed by atoms with Gasteiger partial charge in [-0.2, -0.15) is 0 Å². The van der Waals surface area contributed by atoms with Gasteiger partial charge in [-0.1, -0.05) is 30.0 Å². The van der Waals surface area contributed by atoms with E-state index in [9.17, 15) is 9.59 Å². The van der Waals surface area contributed by atoms with Gasteiger partial charge in [0.2, 0.25) is 5.91 Å². The molecule has 0 aliphatic rings. The third-order valence-electron chi connectivity index (χ3n) is 3.30. The summed E-state index contributed by atoms with van der Waals surface area (Å²) in [5, 5.41) is 2.72. The van der Waals surface area contributed by atoms with Crippen LogP contribution in [0.3, 0.4) is 0 Å². The molecule has 0 unspecified atom stereocenters. The van der Waals surface area contributed by atoms with Crippen molar-refractivity contribution in [2.75, 3.05) is 6.54 Å². The number of benzene rings is 1. The molecule has 23 heavy (non-hydrogen) atoms. The van der Waals surface area contributed by atoms with E-state index in [1.807, 2.05) is 50.2 Å². The maximum absolute atomic E-state index is 12.1. The molecular weight excluding hydrogens is 306 g/mol. The van der Waals surface area contributed by atoms with Crippen LogP contribution >= 0.6 is 11.3 Å². The van der Waals surface area contributed by atoms with Gasteiger partial charge in [0.05, 0.1) is 6.54 Å². The van der Waals surface area contributed by atoms with Crippen LogP contribution in [0.1, 0.15) is 38.5 Å². The Balaban J connectivity index is 1.74. The highest BCUT2D eigenvalue weighted by Crippen LogP contribution is 2.22. The summed E-state index contributed by atoms with van der Waals surface area (Å²) in [7, 11) is 0. The molecule has 0 saturated carbocycles. The molecule has 0 fully saturated rings. The van der Waals surface area contributed by atoms with Crippen molar-refractivity contribution in [3.8, 4) is 11.8 Å². The van der Waals surface area contributed by atoms with Gasteiger partial charge in [-0.25, -0.2) is 0 Å². The van der Waals surface area contributed by atoms with Crippen LogP contribution in [0.4, 0.5) is 0 Å². The molecule has 0 saturated heterocycles. The fourth-order valence-corrected chi connectivity index (χ4v) is 3.11. The second-order valence-electron chi connectivity index (χ2n) is 5.19. The lowest BCUT2D eigenvalue weighted by Gasteiger charge is -2.01. The van der Waals surface area contributed by atoms with E-state index in [4.69, 9.17) is 0 Å². The number of carbonyl (C=O) groups excluding carboxylic acids is 2. The maximum atomic E-state index is 12.1. The van der Waals surface area contributed by atoms with Crippen molar-refractivity contribution in [2.24, 2.45) is 0 Å². The van der Waals surface area contributed by atoms with E-state index in [1.165, 1.54) is 0 Å². The van der Waals surface area contributed by atoms with Gasteiger partial charge in [0.15, 0.2) is 5.78 Å². The van der Waals surface area contributed by atoms with Gasteiger partial charge in [0.1, 0.15) is 0 Å². The number of amides is 1. The average Bonchev–Trinajstić information content (AvgIpc) is 2.89. The zero-order valence-electron chi connectivity index (χ0n) is 13.3. The first kappa shape index (κ1) is 17.0. The third kappa shape index (κ3) is 5.39. The predicted octanol–water partition coefficient (Wildman–Crippen LogP) is 3.50. The fourth-order valence-electron chi connectivity index (χ4n) is 2.17. The van der Waals surface area contributed by atoms with Crippen LogP contribution in [-0.4, -0.2) is 18.2 Å². The van der Waals surface area contributed by atoms with E-state index in [0.29, 0.717) is 6.54 Å². The average molecular weight is 325 g/mol. The zero-order valence-corrected chi connectivity index (χ0v) is 14.1. The molecule has 1 N–H and O–H groups in total. The predicted molar refractivity (Wildman–Crippen MR) is 93.7 cm³/mol. The summed E-state index contributed by atoms with van der Waals surface area (Å²) in [4.78, 5) is 26.0. The Kier molecular flexibility index (Phi) is 6.13. The number of ketones is 1. The molecule has 1 heterocycles. The number of carbonyl (C=O) groups is 2. The first-order valence-corrected chi connectivity index (χ1v) is 8.29. The topological polar surface area (TPSA) is 46.2 Å². The van der Waals surface area contributed by atoms with Crippen molar-refractivity contribution in [1.82, 2.24) is 5.32 Å². The number of rotatable bonds is 5. The molecule has 0 aliphatic carbocycles. The van der Waals surface area contributed by atoms with Crippen LogP contribution in [0.2, 0.25) is 0 Å². The van der Waals surface area contributed by atoms with Crippen LogP contribution in [-0.2, 0) is 4.79 Å². The summed E-state index contributed by atoms with van der Waals surface area (Å²) in [5.74, 6) is 5.75. The summed E-state index contributed by atoms with van der Waals surface area (Å²) in [6.45, 7) is 4.20. The lowest BCUT2D eigenvalue weighted by Crippen LogP contribution is -2.24. The largest absolute Gasteiger partial charge is 0.345 e. The summed E-state index contributed by atoms with van der Waals surface area (Å²) in [5.41, 5.74) is 1.66. The fraction of sp³-hybridized carbons (Fsp3) is 0.263. The highest BCUT2D eigenvalue weighted by Gasteiger charge is 2.13. The molecule has 0 spiro atoms. The van der Waals surface area contributed by atoms with E-state index in [-0.39, 0.29) is 24.5 Å². The Bertz CT molecular complexity index is 751. The van der Waals surface area contributed by atoms with Gasteiger partial charge >= 0.3 is 0 Å². The van der Waals surface area contributed by atoms with Crippen molar-refractivity contribution in [2.45, 2.75) is 26.7 Å². The van der Waals surface area contributed by atoms with Crippen LogP contribution < -0.4 is 5.32 Å². The Morgan fingerprint density at radius 3 is 2.52 bits per heavy atom. The number of hydrogen-bond acceptors (Lipinski definition) is 3. The summed E-state index contributed by atoms with van der Waals surface area (Å²) in [6, 6.07) is 11.5. The van der Waals surface area contributed by atoms with Crippen molar-refractivity contribution in [3.63, 3.8) is 0 Å². The molecule has 1 amide bonds. The zero-order chi connectivity index (χ0) is 16.7. The van der Waals surface area contributed by atoms with Crippen molar-refractivity contribution in [1.29, 1.82) is 0 Å². The summed E-state index contributed by atoms with van der Waals surface area (Å²) >= 11 is 1.61. The lowest BCUT2D eigenvalue weighted by molar-refractivity contribution is -0.120. The van der Waals surface area contributed by atoms with E-state index in [1.54, 1.807) is 11.3 Å². The van der Waals surface area contributed by atoms with Gasteiger partial charge in [0.25, 0.3) is 0 Å². The van der Waals surface area contributed by atoms with E-state index in [2.05, 4.69) is 17.2 Å². The normalized spacial score (nSPS) is 9.83. The van der Waals surface area contributed by atoms with Gasteiger partial charge in [0, 0.05) is 33.7 Å². The van der Waals surface area contributed by atoms with Gasteiger partial charge in [-0.15, -0.1) is 11.3 Å². The van der Waals surface area contributed by atoms with Crippen LogP contribution in [0.5, 0.6) is 0 Å². The quantitative estimate of drug-likeness (QED) is 0.675. The molecule has 0 radical (unpaired) electrons. The number of thiophene rings is 1. The third-order valence-corrected chi connectivity index (χ3v) is 4.27. The SMILES string of the molecule is Cc1cc(C(=O)CCC(=O)NCC#Cc2ccccc2)c(C)s1. The van der Waals surface area contributed by atoms with Gasteiger partial charge in [-0.3, -0.25) is 9.59 Å². The van der Waals surface area contributed by atoms with E-state index < -0.39 is 0 Å². The smallest absolute Gasteiger partial charge is 0.221 e. The number of aryl methyl sites for hydroxylation is 2. The maximum Gasteiger partial charge on any atom is 0.221 e. The minimum atomic E-state index is -0.148. The highest BCUT2D eigenvalue weighted by molar-refractivity contribution is 7.12. The van der Waals surface area contributed by atoms with Crippen LogP contribution in [0.25, 0.3) is 0 Å². The molecule has 2 rings (SSSR count). The highest BCUT2D eigenvalue weighted by atomic mass is 32.1. The molecule has 1 aromatic carbocycles. The summed E-state index contributed by atoms with van der Waals surface area (Å²) in [6.07, 6.45) is 0.426. The minimum absolute atomic E-state index is 0.0253.